The quantitative estimate of drug-likeness (QED) is 0.818. The molecule has 1 amide bonds. The molecule has 1 heterocycles. The third-order valence-corrected chi connectivity index (χ3v) is 4.84. The van der Waals surface area contributed by atoms with Crippen LogP contribution in [0.3, 0.4) is 0 Å². The molecule has 2 aromatic rings. The number of carbonyl (C=O) groups excluding carboxylic acids is 1. The number of hydrogen-bond acceptors (Lipinski definition) is 4. The van der Waals surface area contributed by atoms with E-state index in [0.29, 0.717) is 17.9 Å². The lowest BCUT2D eigenvalue weighted by Crippen LogP contribution is -2.47. The van der Waals surface area contributed by atoms with Crippen LogP contribution in [-0.4, -0.2) is 30.7 Å². The Morgan fingerprint density at radius 2 is 2.04 bits per heavy atom. The van der Waals surface area contributed by atoms with Crippen LogP contribution in [0.15, 0.2) is 48.5 Å². The monoisotopic (exact) mass is 369 g/mol. The SMILES string of the molecule is COc1cccc(C(C)(CC(=O)O)NC(=O)C2OCCc3ccccc32)c1. The van der Waals surface area contributed by atoms with Crippen LogP contribution in [0.25, 0.3) is 0 Å². The van der Waals surface area contributed by atoms with Gasteiger partial charge in [-0.15, -0.1) is 0 Å². The molecule has 0 bridgehead atoms. The van der Waals surface area contributed by atoms with Gasteiger partial charge in [-0.2, -0.15) is 0 Å². The van der Waals surface area contributed by atoms with Gasteiger partial charge < -0.3 is 19.9 Å². The van der Waals surface area contributed by atoms with Crippen molar-refractivity contribution in [1.82, 2.24) is 5.32 Å². The van der Waals surface area contributed by atoms with Crippen LogP contribution in [0.4, 0.5) is 0 Å². The molecule has 0 spiro atoms. The maximum Gasteiger partial charge on any atom is 0.306 e. The standard InChI is InChI=1S/C21H23NO5/c1-21(13-18(23)24,15-7-5-8-16(12-15)26-2)22-20(25)19-17-9-4-3-6-14(17)10-11-27-19/h3-9,12,19H,10-11,13H2,1-2H3,(H,22,25)(H,23,24). The van der Waals surface area contributed by atoms with Crippen LogP contribution in [0.2, 0.25) is 0 Å². The van der Waals surface area contributed by atoms with E-state index in [1.54, 1.807) is 38.3 Å². The first-order valence-corrected chi connectivity index (χ1v) is 8.81. The van der Waals surface area contributed by atoms with Crippen molar-refractivity contribution in [3.63, 3.8) is 0 Å². The van der Waals surface area contributed by atoms with Crippen molar-refractivity contribution in [3.8, 4) is 5.75 Å². The van der Waals surface area contributed by atoms with Gasteiger partial charge in [-0.25, -0.2) is 0 Å². The molecule has 2 aromatic carbocycles. The molecule has 3 rings (SSSR count). The molecule has 0 aromatic heterocycles. The summed E-state index contributed by atoms with van der Waals surface area (Å²) >= 11 is 0. The van der Waals surface area contributed by atoms with E-state index in [9.17, 15) is 14.7 Å². The summed E-state index contributed by atoms with van der Waals surface area (Å²) in [5.74, 6) is -0.767. The summed E-state index contributed by atoms with van der Waals surface area (Å²) in [5, 5.41) is 12.3. The second-order valence-corrected chi connectivity index (χ2v) is 6.82. The summed E-state index contributed by atoms with van der Waals surface area (Å²) in [4.78, 5) is 24.5. The molecule has 6 nitrogen and oxygen atoms in total. The first kappa shape index (κ1) is 18.9. The van der Waals surface area contributed by atoms with Crippen molar-refractivity contribution in [3.05, 3.63) is 65.2 Å². The maximum absolute atomic E-state index is 13.0. The predicted octanol–water partition coefficient (Wildman–Crippen LogP) is 2.82. The van der Waals surface area contributed by atoms with Gasteiger partial charge >= 0.3 is 5.97 Å². The topological polar surface area (TPSA) is 84.9 Å². The Hall–Kier alpha value is -2.86. The van der Waals surface area contributed by atoms with Gasteiger partial charge in [-0.1, -0.05) is 36.4 Å². The second-order valence-electron chi connectivity index (χ2n) is 6.82. The fourth-order valence-corrected chi connectivity index (χ4v) is 3.44. The molecule has 27 heavy (non-hydrogen) atoms. The Bertz CT molecular complexity index is 850. The number of carbonyl (C=O) groups is 2. The highest BCUT2D eigenvalue weighted by Gasteiger charge is 2.36. The number of aliphatic carboxylic acids is 1. The van der Waals surface area contributed by atoms with E-state index in [4.69, 9.17) is 9.47 Å². The van der Waals surface area contributed by atoms with E-state index >= 15 is 0 Å². The number of hydrogen-bond donors (Lipinski definition) is 2. The van der Waals surface area contributed by atoms with Crippen LogP contribution in [0.5, 0.6) is 5.75 Å². The lowest BCUT2D eigenvalue weighted by Gasteiger charge is -2.33. The minimum atomic E-state index is -1.10. The van der Waals surface area contributed by atoms with E-state index in [1.165, 1.54) is 0 Å². The first-order valence-electron chi connectivity index (χ1n) is 8.81. The molecule has 1 aliphatic rings. The van der Waals surface area contributed by atoms with Gasteiger partial charge in [-0.3, -0.25) is 9.59 Å². The van der Waals surface area contributed by atoms with Gasteiger partial charge in [0.15, 0.2) is 6.10 Å². The van der Waals surface area contributed by atoms with Crippen molar-refractivity contribution >= 4 is 11.9 Å². The number of methoxy groups -OCH3 is 1. The van der Waals surface area contributed by atoms with Crippen molar-refractivity contribution < 1.29 is 24.2 Å². The number of fused-ring (bicyclic) bond motifs is 1. The van der Waals surface area contributed by atoms with E-state index in [2.05, 4.69) is 5.32 Å². The highest BCUT2D eigenvalue weighted by Crippen LogP contribution is 2.31. The van der Waals surface area contributed by atoms with Crippen LogP contribution < -0.4 is 10.1 Å². The number of ether oxygens (including phenoxy) is 2. The van der Waals surface area contributed by atoms with Gasteiger partial charge in [0.05, 0.1) is 25.7 Å². The average molecular weight is 369 g/mol. The predicted molar refractivity (Wildman–Crippen MR) is 99.6 cm³/mol. The van der Waals surface area contributed by atoms with E-state index in [0.717, 1.165) is 17.5 Å². The van der Waals surface area contributed by atoms with Crippen LogP contribution in [-0.2, 0) is 26.3 Å². The van der Waals surface area contributed by atoms with Crippen LogP contribution in [0.1, 0.15) is 36.1 Å². The van der Waals surface area contributed by atoms with E-state index in [-0.39, 0.29) is 12.3 Å². The van der Waals surface area contributed by atoms with Crippen molar-refractivity contribution in [1.29, 1.82) is 0 Å². The van der Waals surface area contributed by atoms with Gasteiger partial charge in [0, 0.05) is 0 Å². The minimum absolute atomic E-state index is 0.264. The van der Waals surface area contributed by atoms with Gasteiger partial charge in [0.2, 0.25) is 0 Å². The van der Waals surface area contributed by atoms with Gasteiger partial charge in [0.1, 0.15) is 5.75 Å². The smallest absolute Gasteiger partial charge is 0.306 e. The Balaban J connectivity index is 1.91. The molecule has 2 N–H and O–H groups in total. The van der Waals surface area contributed by atoms with E-state index in [1.807, 2.05) is 24.3 Å². The molecule has 0 aliphatic carbocycles. The third kappa shape index (κ3) is 4.11. The molecule has 0 saturated heterocycles. The largest absolute Gasteiger partial charge is 0.497 e. The lowest BCUT2D eigenvalue weighted by atomic mass is 9.87. The molecular weight excluding hydrogens is 346 g/mol. The number of benzene rings is 2. The zero-order valence-corrected chi connectivity index (χ0v) is 15.4. The van der Waals surface area contributed by atoms with Gasteiger partial charge in [-0.05, 0) is 42.2 Å². The molecule has 0 radical (unpaired) electrons. The Kier molecular flexibility index (Phi) is 5.46. The number of nitrogens with one attached hydrogen (secondary N) is 1. The van der Waals surface area contributed by atoms with Crippen LogP contribution in [0, 0.1) is 0 Å². The molecule has 6 heteroatoms. The number of carboxylic acids is 1. The zero-order chi connectivity index (χ0) is 19.4. The minimum Gasteiger partial charge on any atom is -0.497 e. The second kappa shape index (κ2) is 7.80. The third-order valence-electron chi connectivity index (χ3n) is 4.84. The summed E-state index contributed by atoms with van der Waals surface area (Å²) in [6, 6.07) is 14.7. The molecular formula is C21H23NO5. The lowest BCUT2D eigenvalue weighted by molar-refractivity contribution is -0.141. The molecule has 1 aliphatic heterocycles. The summed E-state index contributed by atoms with van der Waals surface area (Å²) in [6.45, 7) is 2.15. The highest BCUT2D eigenvalue weighted by atomic mass is 16.5. The maximum atomic E-state index is 13.0. The van der Waals surface area contributed by atoms with Gasteiger partial charge in [0.25, 0.3) is 5.91 Å². The summed E-state index contributed by atoms with van der Waals surface area (Å²) in [5.41, 5.74) is 1.45. The first-order chi connectivity index (χ1) is 12.9. The van der Waals surface area contributed by atoms with Crippen molar-refractivity contribution in [2.24, 2.45) is 0 Å². The fraction of sp³-hybridized carbons (Fsp3) is 0.333. The molecule has 2 atom stereocenters. The Morgan fingerprint density at radius 3 is 2.78 bits per heavy atom. The average Bonchev–Trinajstić information content (AvgIpc) is 2.66. The summed E-state index contributed by atoms with van der Waals surface area (Å²) < 4.78 is 11.0. The normalized spacial score (nSPS) is 18.1. The molecule has 0 fully saturated rings. The van der Waals surface area contributed by atoms with Crippen molar-refractivity contribution in [2.45, 2.75) is 31.4 Å². The number of rotatable bonds is 6. The highest BCUT2D eigenvalue weighted by molar-refractivity contribution is 5.84. The molecule has 142 valence electrons. The Morgan fingerprint density at radius 1 is 1.26 bits per heavy atom. The Labute approximate surface area is 158 Å². The number of carboxylic acid groups (broad SMARTS) is 1. The van der Waals surface area contributed by atoms with Crippen molar-refractivity contribution in [2.75, 3.05) is 13.7 Å². The zero-order valence-electron chi connectivity index (χ0n) is 15.4. The molecule has 2 unspecified atom stereocenters. The number of amides is 1. The van der Waals surface area contributed by atoms with Crippen LogP contribution >= 0.6 is 0 Å². The molecule has 0 saturated carbocycles. The fourth-order valence-electron chi connectivity index (χ4n) is 3.44. The summed E-state index contributed by atoms with van der Waals surface area (Å²) in [6.07, 6.45) is -0.267. The van der Waals surface area contributed by atoms with E-state index < -0.39 is 17.6 Å². The summed E-state index contributed by atoms with van der Waals surface area (Å²) in [7, 11) is 1.54.